The molecule has 1 unspecified atom stereocenters. The molecule has 15 heavy (non-hydrogen) atoms. The molecule has 1 aliphatic rings. The van der Waals surface area contributed by atoms with Crippen molar-refractivity contribution in [2.24, 2.45) is 0 Å². The molecule has 88 valence electrons. The predicted molar refractivity (Wildman–Crippen MR) is 46.2 cm³/mol. The van der Waals surface area contributed by atoms with E-state index in [0.29, 0.717) is 19.1 Å². The molecule has 7 nitrogen and oxygen atoms in total. The molecule has 0 aromatic carbocycles. The van der Waals surface area contributed by atoms with Crippen molar-refractivity contribution in [2.75, 3.05) is 13.2 Å². The molecule has 0 aromatic rings. The van der Waals surface area contributed by atoms with E-state index < -0.39 is 17.5 Å². The molecule has 0 spiro atoms. The van der Waals surface area contributed by atoms with Crippen molar-refractivity contribution in [3.8, 4) is 0 Å². The van der Waals surface area contributed by atoms with Crippen LogP contribution in [0.2, 0.25) is 0 Å². The lowest BCUT2D eigenvalue weighted by atomic mass is 10.2. The minimum atomic E-state index is -2.98. The molecular weight excluding hydrogens is 208 g/mol. The van der Waals surface area contributed by atoms with Gasteiger partial charge in [0.15, 0.2) is 5.76 Å². The lowest BCUT2D eigenvalue weighted by molar-refractivity contribution is -0.437. The highest BCUT2D eigenvalue weighted by Crippen LogP contribution is 2.34. The minimum absolute atomic E-state index is 0.0322. The van der Waals surface area contributed by atoms with E-state index in [1.165, 1.54) is 0 Å². The normalized spacial score (nSPS) is 28.7. The SMILES string of the molecule is OCCCCOC1(O)OC=C(O)C1(O)O. The highest BCUT2D eigenvalue weighted by Gasteiger charge is 2.60. The summed E-state index contributed by atoms with van der Waals surface area (Å²) in [5.41, 5.74) is 0. The van der Waals surface area contributed by atoms with Crippen LogP contribution in [0.15, 0.2) is 12.0 Å². The fraction of sp³-hybridized carbons (Fsp3) is 0.750. The van der Waals surface area contributed by atoms with Gasteiger partial charge in [-0.2, -0.15) is 0 Å². The smallest absolute Gasteiger partial charge is 0.389 e. The first-order valence-corrected chi connectivity index (χ1v) is 4.43. The van der Waals surface area contributed by atoms with Gasteiger partial charge < -0.3 is 35.0 Å². The van der Waals surface area contributed by atoms with Gasteiger partial charge in [0, 0.05) is 6.61 Å². The number of unbranched alkanes of at least 4 members (excludes halogenated alkanes) is 1. The molecule has 7 heteroatoms. The van der Waals surface area contributed by atoms with Crippen molar-refractivity contribution < 1.29 is 35.0 Å². The van der Waals surface area contributed by atoms with Crippen LogP contribution in [0.25, 0.3) is 0 Å². The van der Waals surface area contributed by atoms with Gasteiger partial charge in [-0.05, 0) is 12.8 Å². The molecular formula is C8H14O7. The number of aliphatic hydroxyl groups excluding tert-OH is 2. The first-order chi connectivity index (χ1) is 6.94. The van der Waals surface area contributed by atoms with Gasteiger partial charge in [0.25, 0.3) is 0 Å². The zero-order valence-corrected chi connectivity index (χ0v) is 7.96. The van der Waals surface area contributed by atoms with Crippen LogP contribution in [0.3, 0.4) is 0 Å². The van der Waals surface area contributed by atoms with E-state index in [1.54, 1.807) is 0 Å². The average Bonchev–Trinajstić information content (AvgIpc) is 2.38. The van der Waals surface area contributed by atoms with Crippen LogP contribution in [0.4, 0.5) is 0 Å². The summed E-state index contributed by atoms with van der Waals surface area (Å²) >= 11 is 0. The highest BCUT2D eigenvalue weighted by atomic mass is 16.9. The summed E-state index contributed by atoms with van der Waals surface area (Å²) in [6, 6.07) is 0. The lowest BCUT2D eigenvalue weighted by Gasteiger charge is -2.30. The Morgan fingerprint density at radius 2 is 1.93 bits per heavy atom. The fourth-order valence-corrected chi connectivity index (χ4v) is 1.02. The Kier molecular flexibility index (Phi) is 3.53. The van der Waals surface area contributed by atoms with Gasteiger partial charge in [-0.25, -0.2) is 0 Å². The van der Waals surface area contributed by atoms with E-state index in [4.69, 9.17) is 10.2 Å². The number of ether oxygens (including phenoxy) is 2. The monoisotopic (exact) mass is 222 g/mol. The van der Waals surface area contributed by atoms with Gasteiger partial charge in [-0.1, -0.05) is 0 Å². The fourth-order valence-electron chi connectivity index (χ4n) is 1.02. The van der Waals surface area contributed by atoms with Crippen molar-refractivity contribution in [3.63, 3.8) is 0 Å². The second-order valence-electron chi connectivity index (χ2n) is 3.15. The Balaban J connectivity index is 2.47. The molecule has 0 aromatic heterocycles. The van der Waals surface area contributed by atoms with Crippen LogP contribution in [0.1, 0.15) is 12.8 Å². The minimum Gasteiger partial charge on any atom is -0.504 e. The summed E-state index contributed by atoms with van der Waals surface area (Å²) in [4.78, 5) is 0. The maximum Gasteiger partial charge on any atom is 0.389 e. The molecule has 1 rings (SSSR count). The highest BCUT2D eigenvalue weighted by molar-refractivity contribution is 5.09. The van der Waals surface area contributed by atoms with E-state index >= 15 is 0 Å². The number of hydrogen-bond donors (Lipinski definition) is 5. The number of hydrogen-bond acceptors (Lipinski definition) is 7. The average molecular weight is 222 g/mol. The molecule has 0 bridgehead atoms. The van der Waals surface area contributed by atoms with Gasteiger partial charge in [-0.15, -0.1) is 0 Å². The second-order valence-corrected chi connectivity index (χ2v) is 3.15. The molecule has 0 saturated carbocycles. The quantitative estimate of drug-likeness (QED) is 0.284. The van der Waals surface area contributed by atoms with E-state index in [9.17, 15) is 15.3 Å². The topological polar surface area (TPSA) is 120 Å². The van der Waals surface area contributed by atoms with Crippen molar-refractivity contribution in [1.29, 1.82) is 0 Å². The summed E-state index contributed by atoms with van der Waals surface area (Å²) in [6.45, 7) is -0.0867. The summed E-state index contributed by atoms with van der Waals surface area (Å²) < 4.78 is 9.10. The maximum absolute atomic E-state index is 9.47. The first-order valence-electron chi connectivity index (χ1n) is 4.43. The molecule has 1 heterocycles. The van der Waals surface area contributed by atoms with E-state index in [2.05, 4.69) is 9.47 Å². The van der Waals surface area contributed by atoms with E-state index in [1.807, 2.05) is 0 Å². The molecule has 1 aliphatic heterocycles. The zero-order valence-electron chi connectivity index (χ0n) is 7.96. The molecule has 0 amide bonds. The predicted octanol–water partition coefficient (Wildman–Crippen LogP) is -1.47. The van der Waals surface area contributed by atoms with Crippen LogP contribution in [0, 0.1) is 0 Å². The molecule has 0 radical (unpaired) electrons. The van der Waals surface area contributed by atoms with Crippen LogP contribution < -0.4 is 0 Å². The maximum atomic E-state index is 9.47. The van der Waals surface area contributed by atoms with Crippen LogP contribution in [0.5, 0.6) is 0 Å². The summed E-state index contributed by atoms with van der Waals surface area (Å²) in [5.74, 6) is -6.62. The third kappa shape index (κ3) is 2.21. The van der Waals surface area contributed by atoms with Crippen LogP contribution in [-0.2, 0) is 9.47 Å². The van der Waals surface area contributed by atoms with Crippen molar-refractivity contribution in [1.82, 2.24) is 0 Å². The lowest BCUT2D eigenvalue weighted by Crippen LogP contribution is -2.55. The molecule has 0 fully saturated rings. The standard InChI is InChI=1S/C8H14O7/c9-3-1-2-4-14-8(13)7(11,12)6(10)5-15-8/h5,9-13H,1-4H2. The van der Waals surface area contributed by atoms with Gasteiger partial charge in [0.05, 0.1) is 6.61 Å². The van der Waals surface area contributed by atoms with E-state index in [0.717, 1.165) is 0 Å². The number of rotatable bonds is 5. The summed E-state index contributed by atoms with van der Waals surface area (Å²) in [5, 5.41) is 45.3. The van der Waals surface area contributed by atoms with E-state index in [-0.39, 0.29) is 13.2 Å². The Bertz CT molecular complexity index is 249. The van der Waals surface area contributed by atoms with Gasteiger partial charge >= 0.3 is 11.8 Å². The molecule has 1 atom stereocenters. The van der Waals surface area contributed by atoms with Crippen LogP contribution >= 0.6 is 0 Å². The second kappa shape index (κ2) is 4.33. The molecule has 5 N–H and O–H groups in total. The zero-order chi connectivity index (χ0) is 11.5. The van der Waals surface area contributed by atoms with Gasteiger partial charge in [0.2, 0.25) is 0 Å². The van der Waals surface area contributed by atoms with Gasteiger partial charge in [0.1, 0.15) is 6.26 Å². The Morgan fingerprint density at radius 1 is 1.27 bits per heavy atom. The van der Waals surface area contributed by atoms with Crippen LogP contribution in [-0.4, -0.2) is 50.5 Å². The van der Waals surface area contributed by atoms with Crippen molar-refractivity contribution in [2.45, 2.75) is 24.6 Å². The van der Waals surface area contributed by atoms with Crippen molar-refractivity contribution >= 4 is 0 Å². The Labute approximate surface area is 85.8 Å². The Morgan fingerprint density at radius 3 is 2.40 bits per heavy atom. The number of aliphatic hydroxyl groups is 5. The molecule has 0 aliphatic carbocycles. The molecule has 0 saturated heterocycles. The largest absolute Gasteiger partial charge is 0.504 e. The summed E-state index contributed by atoms with van der Waals surface area (Å²) in [6.07, 6.45) is 1.43. The van der Waals surface area contributed by atoms with Gasteiger partial charge in [-0.3, -0.25) is 0 Å². The third-order valence-electron chi connectivity index (χ3n) is 1.98. The van der Waals surface area contributed by atoms with Crippen molar-refractivity contribution in [3.05, 3.63) is 12.0 Å². The third-order valence-corrected chi connectivity index (χ3v) is 1.98. The summed E-state index contributed by atoms with van der Waals surface area (Å²) in [7, 11) is 0. The Hall–Kier alpha value is -0.860. The first kappa shape index (κ1) is 12.2.